The molecular weight excluding hydrogens is 383 g/mol. The van der Waals surface area contributed by atoms with Gasteiger partial charge in [-0.05, 0) is 49.2 Å². The summed E-state index contributed by atoms with van der Waals surface area (Å²) in [5.41, 5.74) is 2.32. The van der Waals surface area contributed by atoms with Crippen molar-refractivity contribution in [3.05, 3.63) is 69.7 Å². The van der Waals surface area contributed by atoms with Gasteiger partial charge in [-0.2, -0.15) is 0 Å². The second-order valence-corrected chi connectivity index (χ2v) is 7.97. The molecule has 27 heavy (non-hydrogen) atoms. The van der Waals surface area contributed by atoms with E-state index < -0.39 is 12.0 Å². The van der Waals surface area contributed by atoms with Gasteiger partial charge in [0.05, 0.1) is 6.04 Å². The number of carboxylic acid groups (broad SMARTS) is 1. The molecule has 0 aromatic heterocycles. The highest BCUT2D eigenvalue weighted by Gasteiger charge is 2.34. The molecule has 1 heterocycles. The number of hydrogen-bond acceptors (Lipinski definition) is 3. The summed E-state index contributed by atoms with van der Waals surface area (Å²) in [5, 5.41) is 10.8. The molecule has 0 spiro atoms. The van der Waals surface area contributed by atoms with Gasteiger partial charge >= 0.3 is 5.97 Å². The van der Waals surface area contributed by atoms with Gasteiger partial charge in [0.2, 0.25) is 0 Å². The number of benzene rings is 2. The summed E-state index contributed by atoms with van der Waals surface area (Å²) in [6, 6.07) is 15.6. The van der Waals surface area contributed by atoms with Crippen LogP contribution >= 0.6 is 23.2 Å². The number of carbonyl (C=O) groups is 1. The van der Waals surface area contributed by atoms with Crippen molar-refractivity contribution in [2.45, 2.75) is 32.0 Å². The summed E-state index contributed by atoms with van der Waals surface area (Å²) in [6.07, 6.45) is 0. The van der Waals surface area contributed by atoms with Crippen LogP contribution in [0.5, 0.6) is 0 Å². The Kier molecular flexibility index (Phi) is 6.43. The minimum Gasteiger partial charge on any atom is -0.480 e. The van der Waals surface area contributed by atoms with Crippen LogP contribution in [0.25, 0.3) is 0 Å². The van der Waals surface area contributed by atoms with Gasteiger partial charge in [0.1, 0.15) is 6.04 Å². The highest BCUT2D eigenvalue weighted by molar-refractivity contribution is 6.30. The van der Waals surface area contributed by atoms with Crippen LogP contribution in [0.2, 0.25) is 10.0 Å². The second-order valence-electron chi connectivity index (χ2n) is 7.10. The van der Waals surface area contributed by atoms with E-state index in [2.05, 4.69) is 41.0 Å². The van der Waals surface area contributed by atoms with Crippen LogP contribution in [0.1, 0.15) is 31.0 Å². The first-order valence-corrected chi connectivity index (χ1v) is 9.86. The van der Waals surface area contributed by atoms with Crippen LogP contribution in [0, 0.1) is 0 Å². The predicted octanol–water partition coefficient (Wildman–Crippen LogP) is 4.56. The van der Waals surface area contributed by atoms with E-state index in [0.717, 1.165) is 24.2 Å². The normalized spacial score (nSPS) is 20.0. The third kappa shape index (κ3) is 4.64. The molecule has 0 saturated carbocycles. The highest BCUT2D eigenvalue weighted by atomic mass is 35.5. The van der Waals surface area contributed by atoms with Gasteiger partial charge in [-0.15, -0.1) is 0 Å². The summed E-state index contributed by atoms with van der Waals surface area (Å²) >= 11 is 12.2. The van der Waals surface area contributed by atoms with E-state index >= 15 is 0 Å². The molecule has 1 saturated heterocycles. The number of hydrogen-bond donors (Lipinski definition) is 1. The first-order valence-electron chi connectivity index (χ1n) is 9.10. The molecule has 3 rings (SSSR count). The average molecular weight is 407 g/mol. The molecule has 1 aliphatic heterocycles. The minimum absolute atomic E-state index is 0.0734. The Labute approximate surface area is 170 Å². The SMILES string of the molecule is CC1CN(C(c2ccc(Cl)cc2)c2ccc(Cl)cc2)CCN1C(C)C(=O)O. The Hall–Kier alpha value is -1.59. The van der Waals surface area contributed by atoms with Gasteiger partial charge in [-0.1, -0.05) is 47.5 Å². The predicted molar refractivity (Wildman–Crippen MR) is 110 cm³/mol. The van der Waals surface area contributed by atoms with Crippen molar-refractivity contribution >= 4 is 29.2 Å². The Morgan fingerprint density at radius 1 is 1.00 bits per heavy atom. The number of carboxylic acids is 1. The van der Waals surface area contributed by atoms with Gasteiger partial charge in [-0.3, -0.25) is 14.6 Å². The molecule has 2 unspecified atom stereocenters. The smallest absolute Gasteiger partial charge is 0.320 e. The zero-order valence-corrected chi connectivity index (χ0v) is 17.0. The molecule has 1 aliphatic rings. The number of rotatable bonds is 5. The summed E-state index contributed by atoms with van der Waals surface area (Å²) in [4.78, 5) is 15.8. The van der Waals surface area contributed by atoms with E-state index in [0.29, 0.717) is 16.6 Å². The van der Waals surface area contributed by atoms with Crippen LogP contribution in [0.3, 0.4) is 0 Å². The minimum atomic E-state index is -0.776. The van der Waals surface area contributed by atoms with E-state index in [1.165, 1.54) is 0 Å². The Balaban J connectivity index is 1.89. The fourth-order valence-electron chi connectivity index (χ4n) is 3.86. The molecule has 1 fully saturated rings. The maximum Gasteiger partial charge on any atom is 0.320 e. The van der Waals surface area contributed by atoms with Crippen LogP contribution in [0.4, 0.5) is 0 Å². The molecule has 1 N–H and O–H groups in total. The number of halogens is 2. The lowest BCUT2D eigenvalue weighted by molar-refractivity contribution is -0.144. The van der Waals surface area contributed by atoms with Crippen molar-refractivity contribution in [3.8, 4) is 0 Å². The maximum absolute atomic E-state index is 11.4. The Bertz CT molecular complexity index is 734. The maximum atomic E-state index is 11.4. The second kappa shape index (κ2) is 8.61. The Morgan fingerprint density at radius 2 is 1.48 bits per heavy atom. The quantitative estimate of drug-likeness (QED) is 0.789. The van der Waals surface area contributed by atoms with Crippen molar-refractivity contribution in [2.75, 3.05) is 19.6 Å². The van der Waals surface area contributed by atoms with Crippen LogP contribution in [-0.4, -0.2) is 52.6 Å². The molecule has 6 heteroatoms. The van der Waals surface area contributed by atoms with E-state index in [-0.39, 0.29) is 12.1 Å². The lowest BCUT2D eigenvalue weighted by Gasteiger charge is -2.45. The van der Waals surface area contributed by atoms with Crippen LogP contribution in [0.15, 0.2) is 48.5 Å². The lowest BCUT2D eigenvalue weighted by Crippen LogP contribution is -2.57. The summed E-state index contributed by atoms with van der Waals surface area (Å²) in [6.45, 7) is 6.13. The topological polar surface area (TPSA) is 43.8 Å². The molecule has 0 radical (unpaired) electrons. The van der Waals surface area contributed by atoms with Gasteiger partial charge < -0.3 is 5.11 Å². The van der Waals surface area contributed by atoms with E-state index in [9.17, 15) is 9.90 Å². The third-order valence-electron chi connectivity index (χ3n) is 5.30. The molecule has 0 amide bonds. The fourth-order valence-corrected chi connectivity index (χ4v) is 4.11. The monoisotopic (exact) mass is 406 g/mol. The van der Waals surface area contributed by atoms with Crippen molar-refractivity contribution in [2.24, 2.45) is 0 Å². The summed E-state index contributed by atoms with van der Waals surface area (Å²) < 4.78 is 0. The molecule has 144 valence electrons. The summed E-state index contributed by atoms with van der Waals surface area (Å²) in [5.74, 6) is -0.776. The standard InChI is InChI=1S/C21H24Cl2N2O2/c1-14-13-24(11-12-25(14)15(2)21(26)27)20(16-3-7-18(22)8-4-16)17-5-9-19(23)10-6-17/h3-10,14-15,20H,11-13H2,1-2H3,(H,26,27). The summed E-state index contributed by atoms with van der Waals surface area (Å²) in [7, 11) is 0. The zero-order chi connectivity index (χ0) is 19.6. The largest absolute Gasteiger partial charge is 0.480 e. The third-order valence-corrected chi connectivity index (χ3v) is 5.81. The van der Waals surface area contributed by atoms with Gasteiger partial charge in [0, 0.05) is 35.7 Å². The molecule has 4 nitrogen and oxygen atoms in total. The molecule has 2 aromatic rings. The highest BCUT2D eigenvalue weighted by Crippen LogP contribution is 2.32. The van der Waals surface area contributed by atoms with Gasteiger partial charge in [0.15, 0.2) is 0 Å². The van der Waals surface area contributed by atoms with Crippen molar-refractivity contribution < 1.29 is 9.90 Å². The molecule has 0 aliphatic carbocycles. The Morgan fingerprint density at radius 3 is 1.89 bits per heavy atom. The van der Waals surface area contributed by atoms with Gasteiger partial charge in [-0.25, -0.2) is 0 Å². The lowest BCUT2D eigenvalue weighted by atomic mass is 9.95. The first-order chi connectivity index (χ1) is 12.9. The van der Waals surface area contributed by atoms with Crippen molar-refractivity contribution in [1.82, 2.24) is 9.80 Å². The molecule has 2 aromatic carbocycles. The van der Waals surface area contributed by atoms with Crippen LogP contribution in [-0.2, 0) is 4.79 Å². The number of piperazine rings is 1. The van der Waals surface area contributed by atoms with Crippen LogP contribution < -0.4 is 0 Å². The van der Waals surface area contributed by atoms with E-state index in [4.69, 9.17) is 23.2 Å². The fraction of sp³-hybridized carbons (Fsp3) is 0.381. The first kappa shape index (κ1) is 20.2. The van der Waals surface area contributed by atoms with E-state index in [1.54, 1.807) is 6.92 Å². The van der Waals surface area contributed by atoms with Crippen molar-refractivity contribution in [1.29, 1.82) is 0 Å². The molecular formula is C21H24Cl2N2O2. The molecule has 2 atom stereocenters. The average Bonchev–Trinajstić information content (AvgIpc) is 2.64. The van der Waals surface area contributed by atoms with Crippen molar-refractivity contribution in [3.63, 3.8) is 0 Å². The van der Waals surface area contributed by atoms with E-state index in [1.807, 2.05) is 24.3 Å². The number of aliphatic carboxylic acids is 1. The zero-order valence-electron chi connectivity index (χ0n) is 15.5. The number of nitrogens with zero attached hydrogens (tertiary/aromatic N) is 2. The van der Waals surface area contributed by atoms with Gasteiger partial charge in [0.25, 0.3) is 0 Å². The molecule has 0 bridgehead atoms.